The minimum atomic E-state index is -5.22. The molecule has 1 aliphatic carbocycles. The van der Waals surface area contributed by atoms with Gasteiger partial charge >= 0.3 is 12.1 Å². The highest BCUT2D eigenvalue weighted by atomic mass is 19.4. The molecule has 0 aliphatic heterocycles. The van der Waals surface area contributed by atoms with Crippen molar-refractivity contribution in [2.24, 2.45) is 5.92 Å². The number of rotatable bonds is 7. The molecule has 0 spiro atoms. The van der Waals surface area contributed by atoms with Gasteiger partial charge in [-0.3, -0.25) is 25.0 Å². The molecule has 0 heterocycles. The highest BCUT2D eigenvalue weighted by molar-refractivity contribution is 5.99. The monoisotopic (exact) mass is 589 g/mol. The predicted molar refractivity (Wildman–Crippen MR) is 136 cm³/mol. The quantitative estimate of drug-likeness (QED) is 0.143. The third-order valence-corrected chi connectivity index (χ3v) is 6.06. The van der Waals surface area contributed by atoms with Crippen LogP contribution in [0.2, 0.25) is 0 Å². The number of non-ortho nitro benzene ring substituents is 1. The normalized spacial score (nSPS) is 18.4. The SMILES string of the molecule is O=C(OC1(F)C=CC(c2ccccc2)=C(F)C1C(=O)Nc1ccc([N+](=O)[O-])c(C(F)(F)F)c1)c1ccc([N+](=O)[O-])cc1. The number of nitrogens with zero attached hydrogens (tertiary/aromatic N) is 2. The van der Waals surface area contributed by atoms with Crippen LogP contribution >= 0.6 is 0 Å². The van der Waals surface area contributed by atoms with Gasteiger partial charge < -0.3 is 10.1 Å². The van der Waals surface area contributed by atoms with Crippen LogP contribution < -0.4 is 5.32 Å². The molecule has 15 heteroatoms. The molecule has 0 saturated heterocycles. The van der Waals surface area contributed by atoms with Crippen molar-refractivity contribution in [3.05, 3.63) is 128 Å². The Balaban J connectivity index is 1.73. The largest absolute Gasteiger partial charge is 0.423 e. The summed E-state index contributed by atoms with van der Waals surface area (Å²) in [6.07, 6.45) is -3.74. The zero-order valence-electron chi connectivity index (χ0n) is 20.8. The summed E-state index contributed by atoms with van der Waals surface area (Å²) >= 11 is 0. The highest BCUT2D eigenvalue weighted by Gasteiger charge is 2.51. The summed E-state index contributed by atoms with van der Waals surface area (Å²) in [5, 5.41) is 23.8. The summed E-state index contributed by atoms with van der Waals surface area (Å²) in [4.78, 5) is 45.8. The van der Waals surface area contributed by atoms with Crippen LogP contribution in [0, 0.1) is 26.1 Å². The maximum atomic E-state index is 16.3. The first-order chi connectivity index (χ1) is 19.7. The molecular formula is C27H16F5N3O7. The van der Waals surface area contributed by atoms with E-state index in [0.29, 0.717) is 12.1 Å². The molecule has 1 N–H and O–H groups in total. The maximum Gasteiger partial charge on any atom is 0.423 e. The van der Waals surface area contributed by atoms with E-state index in [1.165, 1.54) is 24.3 Å². The molecule has 3 aromatic carbocycles. The molecule has 0 radical (unpaired) electrons. The van der Waals surface area contributed by atoms with Crippen molar-refractivity contribution in [1.82, 2.24) is 0 Å². The van der Waals surface area contributed by atoms with Gasteiger partial charge in [0.2, 0.25) is 5.91 Å². The molecule has 2 atom stereocenters. The minimum Gasteiger partial charge on any atom is -0.420 e. The Morgan fingerprint density at radius 1 is 0.929 bits per heavy atom. The number of anilines is 1. The molecule has 1 amide bonds. The summed E-state index contributed by atoms with van der Waals surface area (Å²) in [5.74, 6) is -10.6. The molecule has 0 fully saturated rings. The van der Waals surface area contributed by atoms with Gasteiger partial charge in [0, 0.05) is 29.5 Å². The molecule has 3 aromatic rings. The van der Waals surface area contributed by atoms with Crippen LogP contribution in [0.5, 0.6) is 0 Å². The molecule has 0 bridgehead atoms. The molecule has 216 valence electrons. The average Bonchev–Trinajstić information content (AvgIpc) is 2.93. The van der Waals surface area contributed by atoms with E-state index < -0.39 is 73.7 Å². The Hall–Kier alpha value is -5.47. The molecule has 1 aliphatic rings. The van der Waals surface area contributed by atoms with Crippen molar-refractivity contribution in [2.75, 3.05) is 5.32 Å². The number of amides is 1. The number of carbonyl (C=O) groups excluding carboxylic acids is 2. The smallest absolute Gasteiger partial charge is 0.420 e. The number of nitrogens with one attached hydrogen (secondary N) is 1. The number of carbonyl (C=O) groups is 2. The molecule has 0 saturated carbocycles. The summed E-state index contributed by atoms with van der Waals surface area (Å²) in [6.45, 7) is 0. The van der Waals surface area contributed by atoms with Gasteiger partial charge in [-0.2, -0.15) is 17.6 Å². The number of ether oxygens (including phenoxy) is 1. The average molecular weight is 589 g/mol. The van der Waals surface area contributed by atoms with E-state index in [9.17, 15) is 43.0 Å². The van der Waals surface area contributed by atoms with Crippen LogP contribution in [-0.4, -0.2) is 27.6 Å². The molecule has 0 aromatic heterocycles. The number of hydrogen-bond donors (Lipinski definition) is 1. The van der Waals surface area contributed by atoms with E-state index in [1.54, 1.807) is 6.07 Å². The van der Waals surface area contributed by atoms with Crippen molar-refractivity contribution >= 4 is 34.5 Å². The fraction of sp³-hybridized carbons (Fsp3) is 0.111. The number of benzene rings is 3. The number of alkyl halides is 4. The number of esters is 1. The van der Waals surface area contributed by atoms with E-state index in [1.807, 2.05) is 5.32 Å². The zero-order valence-corrected chi connectivity index (χ0v) is 20.8. The van der Waals surface area contributed by atoms with Gasteiger partial charge in [-0.25, -0.2) is 9.18 Å². The van der Waals surface area contributed by atoms with E-state index in [2.05, 4.69) is 0 Å². The second-order valence-electron chi connectivity index (χ2n) is 8.76. The second-order valence-corrected chi connectivity index (χ2v) is 8.76. The number of halogens is 5. The first-order valence-corrected chi connectivity index (χ1v) is 11.7. The van der Waals surface area contributed by atoms with Crippen LogP contribution in [0.3, 0.4) is 0 Å². The molecule has 42 heavy (non-hydrogen) atoms. The second kappa shape index (κ2) is 11.2. The number of hydrogen-bond acceptors (Lipinski definition) is 7. The lowest BCUT2D eigenvalue weighted by molar-refractivity contribution is -0.388. The Bertz CT molecular complexity index is 1640. The highest BCUT2D eigenvalue weighted by Crippen LogP contribution is 2.43. The molecular weight excluding hydrogens is 573 g/mol. The zero-order chi connectivity index (χ0) is 30.8. The van der Waals surface area contributed by atoms with Gasteiger partial charge in [-0.1, -0.05) is 30.3 Å². The topological polar surface area (TPSA) is 142 Å². The fourth-order valence-electron chi connectivity index (χ4n) is 4.07. The maximum absolute atomic E-state index is 16.3. The van der Waals surface area contributed by atoms with Crippen molar-refractivity contribution in [3.8, 4) is 0 Å². The molecule has 2 unspecified atom stereocenters. The van der Waals surface area contributed by atoms with E-state index in [0.717, 1.165) is 36.4 Å². The number of allylic oxidation sites excluding steroid dienone is 2. The van der Waals surface area contributed by atoms with Gasteiger partial charge in [0.05, 0.1) is 15.4 Å². The summed E-state index contributed by atoms with van der Waals surface area (Å²) in [7, 11) is 0. The van der Waals surface area contributed by atoms with E-state index >= 15 is 8.78 Å². The number of nitro benzene ring substituents is 2. The summed E-state index contributed by atoms with van der Waals surface area (Å²) in [6, 6.07) is 12.6. The van der Waals surface area contributed by atoms with Crippen molar-refractivity contribution in [1.29, 1.82) is 0 Å². The van der Waals surface area contributed by atoms with Gasteiger partial charge in [-0.05, 0) is 42.0 Å². The van der Waals surface area contributed by atoms with E-state index in [4.69, 9.17) is 4.74 Å². The van der Waals surface area contributed by atoms with Crippen LogP contribution in [0.15, 0.2) is 90.8 Å². The van der Waals surface area contributed by atoms with Crippen molar-refractivity contribution in [3.63, 3.8) is 0 Å². The van der Waals surface area contributed by atoms with Crippen LogP contribution in [-0.2, 0) is 15.7 Å². The molecule has 4 rings (SSSR count). The van der Waals surface area contributed by atoms with Gasteiger partial charge in [0.25, 0.3) is 17.2 Å². The first-order valence-electron chi connectivity index (χ1n) is 11.7. The first kappa shape index (κ1) is 29.5. The van der Waals surface area contributed by atoms with Gasteiger partial charge in [0.15, 0.2) is 5.92 Å². The lowest BCUT2D eigenvalue weighted by Gasteiger charge is -2.32. The van der Waals surface area contributed by atoms with Crippen molar-refractivity contribution in [2.45, 2.75) is 12.0 Å². The predicted octanol–water partition coefficient (Wildman–Crippen LogP) is 6.55. The van der Waals surface area contributed by atoms with Crippen LogP contribution in [0.1, 0.15) is 21.5 Å². The van der Waals surface area contributed by atoms with Crippen molar-refractivity contribution < 1.29 is 46.1 Å². The third-order valence-electron chi connectivity index (χ3n) is 6.06. The Labute approximate surface area is 232 Å². The van der Waals surface area contributed by atoms with Crippen LogP contribution in [0.4, 0.5) is 39.0 Å². The molecule has 10 nitrogen and oxygen atoms in total. The lowest BCUT2D eigenvalue weighted by Crippen LogP contribution is -2.45. The van der Waals surface area contributed by atoms with Crippen LogP contribution in [0.25, 0.3) is 5.57 Å². The summed E-state index contributed by atoms with van der Waals surface area (Å²) < 4.78 is 77.3. The standard InChI is InChI=1S/C27H16F5N3O7/c28-23-19(15-4-2-1-3-5-15)12-13-26(29,42-25(37)16-6-9-18(10-7-16)34(38)39)22(23)24(36)33-17-8-11-21(35(40)41)20(14-17)27(30,31)32/h1-14,22H,(H,33,36). The van der Waals surface area contributed by atoms with Gasteiger partial charge in [0.1, 0.15) is 11.4 Å². The van der Waals surface area contributed by atoms with Gasteiger partial charge in [-0.15, -0.1) is 0 Å². The lowest BCUT2D eigenvalue weighted by atomic mass is 9.86. The third kappa shape index (κ3) is 5.99. The Morgan fingerprint density at radius 2 is 1.57 bits per heavy atom. The Morgan fingerprint density at radius 3 is 2.14 bits per heavy atom. The summed E-state index contributed by atoms with van der Waals surface area (Å²) in [5.41, 5.74) is -4.66. The van der Waals surface area contributed by atoms with E-state index in [-0.39, 0.29) is 17.2 Å². The Kier molecular flexibility index (Phi) is 7.86. The fourth-order valence-corrected chi connectivity index (χ4v) is 4.07. The minimum absolute atomic E-state index is 0.183. The number of nitro groups is 2.